The van der Waals surface area contributed by atoms with Gasteiger partial charge in [-0.3, -0.25) is 4.79 Å². The fraction of sp³-hybridized carbons (Fsp3) is 0.500. The van der Waals surface area contributed by atoms with Crippen LogP contribution in [0.2, 0.25) is 0 Å². The Labute approximate surface area is 140 Å². The second-order valence-corrected chi connectivity index (χ2v) is 6.11. The van der Waals surface area contributed by atoms with Gasteiger partial charge in [-0.2, -0.15) is 18.3 Å². The molecule has 2 heterocycles. The van der Waals surface area contributed by atoms with Gasteiger partial charge in [0, 0.05) is 26.1 Å². The van der Waals surface area contributed by atoms with Crippen LogP contribution in [0, 0.1) is 11.6 Å². The molecular weight excluding hydrogens is 345 g/mol. The van der Waals surface area contributed by atoms with Crippen molar-refractivity contribution in [2.75, 3.05) is 19.6 Å². The number of hydrazone groups is 1. The van der Waals surface area contributed by atoms with Crippen molar-refractivity contribution in [1.29, 1.82) is 0 Å². The lowest BCUT2D eigenvalue weighted by molar-refractivity contribution is -0.141. The summed E-state index contributed by atoms with van der Waals surface area (Å²) in [6, 6.07) is 1.71. The van der Waals surface area contributed by atoms with Crippen LogP contribution in [0.5, 0.6) is 0 Å². The average Bonchev–Trinajstić information content (AvgIpc) is 3.10. The first kappa shape index (κ1) is 17.6. The Morgan fingerprint density at radius 1 is 1.20 bits per heavy atom. The molecule has 1 aromatic carbocycles. The largest absolute Gasteiger partial charge is 0.419 e. The SMILES string of the molecule is O=C(C1=NNCC1)N1CCC(c2ccc(F)c(F)c2C(F)(F)F)CC1. The van der Waals surface area contributed by atoms with Crippen LogP contribution in [-0.4, -0.2) is 36.2 Å². The van der Waals surface area contributed by atoms with Crippen molar-refractivity contribution in [3.05, 3.63) is 34.9 Å². The third-order valence-electron chi connectivity index (χ3n) is 4.57. The quantitative estimate of drug-likeness (QED) is 0.823. The summed E-state index contributed by atoms with van der Waals surface area (Å²) in [7, 11) is 0. The van der Waals surface area contributed by atoms with Gasteiger partial charge in [-0.1, -0.05) is 6.07 Å². The van der Waals surface area contributed by atoms with Gasteiger partial charge in [0.2, 0.25) is 0 Å². The number of benzene rings is 1. The minimum atomic E-state index is -4.97. The van der Waals surface area contributed by atoms with Crippen LogP contribution >= 0.6 is 0 Å². The van der Waals surface area contributed by atoms with Gasteiger partial charge in [0.15, 0.2) is 11.6 Å². The maximum atomic E-state index is 13.7. The van der Waals surface area contributed by atoms with Crippen LogP contribution in [0.15, 0.2) is 17.2 Å². The molecule has 1 N–H and O–H groups in total. The smallest absolute Gasteiger partial charge is 0.338 e. The second-order valence-electron chi connectivity index (χ2n) is 6.11. The third kappa shape index (κ3) is 3.45. The molecule has 0 atom stereocenters. The zero-order chi connectivity index (χ0) is 18.2. The molecule has 0 spiro atoms. The molecule has 1 fully saturated rings. The number of likely N-dealkylation sites (tertiary alicyclic amines) is 1. The summed E-state index contributed by atoms with van der Waals surface area (Å²) in [6.07, 6.45) is -3.96. The van der Waals surface area contributed by atoms with Gasteiger partial charge in [0.1, 0.15) is 5.71 Å². The maximum absolute atomic E-state index is 13.7. The number of carbonyl (C=O) groups is 1. The zero-order valence-electron chi connectivity index (χ0n) is 13.2. The molecule has 0 unspecified atom stereocenters. The van der Waals surface area contributed by atoms with Gasteiger partial charge >= 0.3 is 6.18 Å². The number of hydrogen-bond acceptors (Lipinski definition) is 3. The number of piperidine rings is 1. The highest BCUT2D eigenvalue weighted by atomic mass is 19.4. The summed E-state index contributed by atoms with van der Waals surface area (Å²) in [4.78, 5) is 13.8. The Morgan fingerprint density at radius 3 is 2.44 bits per heavy atom. The fourth-order valence-corrected chi connectivity index (χ4v) is 3.31. The summed E-state index contributed by atoms with van der Waals surface area (Å²) in [5.74, 6) is -4.20. The Bertz CT molecular complexity index is 708. The van der Waals surface area contributed by atoms with Gasteiger partial charge in [0.25, 0.3) is 5.91 Å². The third-order valence-corrected chi connectivity index (χ3v) is 4.57. The zero-order valence-corrected chi connectivity index (χ0v) is 13.2. The molecule has 1 aromatic rings. The number of carbonyl (C=O) groups excluding carboxylic acids is 1. The van der Waals surface area contributed by atoms with E-state index >= 15 is 0 Å². The molecule has 4 nitrogen and oxygen atoms in total. The summed E-state index contributed by atoms with van der Waals surface area (Å²) in [5, 5.41) is 3.89. The highest BCUT2D eigenvalue weighted by Gasteiger charge is 2.40. The number of rotatable bonds is 2. The van der Waals surface area contributed by atoms with Crippen LogP contribution in [0.1, 0.15) is 36.3 Å². The molecule has 2 aliphatic heterocycles. The van der Waals surface area contributed by atoms with Gasteiger partial charge in [-0.15, -0.1) is 0 Å². The van der Waals surface area contributed by atoms with E-state index in [1.165, 1.54) is 4.90 Å². The van der Waals surface area contributed by atoms with Crippen LogP contribution in [-0.2, 0) is 11.0 Å². The van der Waals surface area contributed by atoms with Crippen molar-refractivity contribution in [1.82, 2.24) is 10.3 Å². The Hall–Kier alpha value is -2.19. The minimum absolute atomic E-state index is 0.232. The summed E-state index contributed by atoms with van der Waals surface area (Å²) >= 11 is 0. The predicted molar refractivity (Wildman–Crippen MR) is 80.0 cm³/mol. The molecule has 0 bridgehead atoms. The van der Waals surface area contributed by atoms with Crippen molar-refractivity contribution in [3.63, 3.8) is 0 Å². The van der Waals surface area contributed by atoms with E-state index in [1.54, 1.807) is 0 Å². The maximum Gasteiger partial charge on any atom is 0.419 e. The van der Waals surface area contributed by atoms with E-state index in [2.05, 4.69) is 10.5 Å². The van der Waals surface area contributed by atoms with Crippen LogP contribution in [0.4, 0.5) is 22.0 Å². The normalized spacial score (nSPS) is 18.9. The lowest BCUT2D eigenvalue weighted by Crippen LogP contribution is -2.41. The van der Waals surface area contributed by atoms with Crippen molar-refractivity contribution in [2.45, 2.75) is 31.4 Å². The van der Waals surface area contributed by atoms with Gasteiger partial charge in [-0.25, -0.2) is 8.78 Å². The van der Waals surface area contributed by atoms with E-state index < -0.39 is 29.3 Å². The minimum Gasteiger partial charge on any atom is -0.338 e. The molecule has 9 heteroatoms. The number of amides is 1. The van der Waals surface area contributed by atoms with E-state index in [4.69, 9.17) is 0 Å². The molecular formula is C16H16F5N3O. The van der Waals surface area contributed by atoms with E-state index in [1.807, 2.05) is 0 Å². The molecule has 2 aliphatic rings. The van der Waals surface area contributed by atoms with Crippen molar-refractivity contribution >= 4 is 11.6 Å². The van der Waals surface area contributed by atoms with Gasteiger partial charge in [0.05, 0.1) is 5.56 Å². The summed E-state index contributed by atoms with van der Waals surface area (Å²) < 4.78 is 66.5. The molecule has 3 rings (SSSR count). The Kier molecular flexibility index (Phi) is 4.66. The van der Waals surface area contributed by atoms with Crippen LogP contribution in [0.25, 0.3) is 0 Å². The van der Waals surface area contributed by atoms with Gasteiger partial charge in [-0.05, 0) is 30.4 Å². The number of nitrogens with one attached hydrogen (secondary N) is 1. The molecule has 0 saturated carbocycles. The molecule has 0 aliphatic carbocycles. The monoisotopic (exact) mass is 361 g/mol. The highest BCUT2D eigenvalue weighted by Crippen LogP contribution is 2.40. The van der Waals surface area contributed by atoms with Crippen molar-refractivity contribution in [3.8, 4) is 0 Å². The highest BCUT2D eigenvalue weighted by molar-refractivity contribution is 6.39. The molecule has 136 valence electrons. The number of hydrogen-bond donors (Lipinski definition) is 1. The van der Waals surface area contributed by atoms with E-state index in [-0.39, 0.29) is 37.4 Å². The Morgan fingerprint density at radius 2 is 1.88 bits per heavy atom. The van der Waals surface area contributed by atoms with Crippen molar-refractivity contribution < 1.29 is 26.7 Å². The topological polar surface area (TPSA) is 44.7 Å². The summed E-state index contributed by atoms with van der Waals surface area (Å²) in [6.45, 7) is 1.08. The first-order valence-corrected chi connectivity index (χ1v) is 7.93. The number of nitrogens with zero attached hydrogens (tertiary/aromatic N) is 2. The second kappa shape index (κ2) is 6.61. The number of halogens is 5. The standard InChI is InChI=1S/C16H16F5N3O/c17-11-2-1-10(13(14(11)18)16(19,20)21)9-4-7-24(8-5-9)15(25)12-3-6-22-23-12/h1-2,9,22H,3-8H2. The molecule has 25 heavy (non-hydrogen) atoms. The Balaban J connectivity index is 1.77. The number of alkyl halides is 3. The van der Waals surface area contributed by atoms with Crippen LogP contribution < -0.4 is 5.43 Å². The lowest BCUT2D eigenvalue weighted by Gasteiger charge is -2.33. The molecule has 1 amide bonds. The van der Waals surface area contributed by atoms with Crippen LogP contribution in [0.3, 0.4) is 0 Å². The first-order chi connectivity index (χ1) is 11.8. The van der Waals surface area contributed by atoms with E-state index in [0.717, 1.165) is 12.1 Å². The van der Waals surface area contributed by atoms with Gasteiger partial charge < -0.3 is 10.3 Å². The lowest BCUT2D eigenvalue weighted by atomic mass is 9.85. The molecule has 1 saturated heterocycles. The molecule has 0 aromatic heterocycles. The average molecular weight is 361 g/mol. The summed E-state index contributed by atoms with van der Waals surface area (Å²) in [5.41, 5.74) is 1.31. The fourth-order valence-electron chi connectivity index (χ4n) is 3.31. The molecule has 0 radical (unpaired) electrons. The van der Waals surface area contributed by atoms with E-state index in [0.29, 0.717) is 18.7 Å². The van der Waals surface area contributed by atoms with Crippen molar-refractivity contribution in [2.24, 2.45) is 5.10 Å². The first-order valence-electron chi connectivity index (χ1n) is 7.93. The van der Waals surface area contributed by atoms with E-state index in [9.17, 15) is 26.7 Å². The predicted octanol–water partition coefficient (Wildman–Crippen LogP) is 3.04.